The van der Waals surface area contributed by atoms with Gasteiger partial charge in [-0.2, -0.15) is 0 Å². The Kier molecular flexibility index (Phi) is 5.64. The third-order valence-corrected chi connectivity index (χ3v) is 10.5. The average Bonchev–Trinajstić information content (AvgIpc) is 3.07. The molecule has 0 heterocycles. The molecule has 8 nitrogen and oxygen atoms in total. The number of fused-ring (bicyclic) bond motifs is 5. The van der Waals surface area contributed by atoms with E-state index in [-0.39, 0.29) is 24.8 Å². The molecule has 4 aliphatic carbocycles. The van der Waals surface area contributed by atoms with Crippen molar-refractivity contribution in [3.63, 3.8) is 0 Å². The molecular formula is C28H36O8. The molecule has 1 aromatic carbocycles. The van der Waals surface area contributed by atoms with Gasteiger partial charge in [0.05, 0.1) is 17.1 Å². The molecule has 3 saturated carbocycles. The van der Waals surface area contributed by atoms with E-state index in [4.69, 9.17) is 4.74 Å². The van der Waals surface area contributed by atoms with Gasteiger partial charge in [0.2, 0.25) is 0 Å². The molecule has 4 aliphatic rings. The number of Topliss-reactive ketones (excluding diaryl/α,β-unsaturated/α-hetero) is 1. The number of ketones is 1. The summed E-state index contributed by atoms with van der Waals surface area (Å²) in [5.74, 6) is -2.02. The van der Waals surface area contributed by atoms with E-state index in [1.807, 2.05) is 6.92 Å². The van der Waals surface area contributed by atoms with E-state index >= 15 is 0 Å². The Labute approximate surface area is 210 Å². The largest absolute Gasteiger partial charge is 0.458 e. The van der Waals surface area contributed by atoms with Crippen LogP contribution in [0.1, 0.15) is 69.7 Å². The Balaban J connectivity index is 1.68. The molecule has 1 aromatic rings. The van der Waals surface area contributed by atoms with Gasteiger partial charge in [-0.15, -0.1) is 0 Å². The van der Waals surface area contributed by atoms with Gasteiger partial charge in [0.25, 0.3) is 0 Å². The number of rotatable bonds is 3. The number of ether oxygens (including phenoxy) is 1. The normalized spacial score (nSPS) is 47.7. The maximum Gasteiger partial charge on any atom is 0.338 e. The second-order valence-corrected chi connectivity index (χ2v) is 11.8. The summed E-state index contributed by atoms with van der Waals surface area (Å²) >= 11 is 0. The minimum Gasteiger partial charge on any atom is -0.458 e. The van der Waals surface area contributed by atoms with Gasteiger partial charge in [0, 0.05) is 5.92 Å². The molecule has 36 heavy (non-hydrogen) atoms. The molecule has 0 spiro atoms. The number of hydrogen-bond donors (Lipinski definition) is 5. The summed E-state index contributed by atoms with van der Waals surface area (Å²) in [6, 6.07) is 8.34. The zero-order valence-corrected chi connectivity index (χ0v) is 21.0. The Bertz CT molecular complexity index is 1120. The van der Waals surface area contributed by atoms with Gasteiger partial charge in [0.15, 0.2) is 5.78 Å². The summed E-state index contributed by atoms with van der Waals surface area (Å²) in [5.41, 5.74) is -7.76. The quantitative estimate of drug-likeness (QED) is 0.311. The van der Waals surface area contributed by atoms with Gasteiger partial charge in [-0.1, -0.05) is 36.8 Å². The Hall–Kier alpha value is -2.10. The Morgan fingerprint density at radius 2 is 1.67 bits per heavy atom. The molecule has 0 bridgehead atoms. The van der Waals surface area contributed by atoms with Crippen LogP contribution in [0.2, 0.25) is 0 Å². The lowest BCUT2D eigenvalue weighted by Gasteiger charge is -2.67. The van der Waals surface area contributed by atoms with Crippen molar-refractivity contribution < 1.29 is 39.9 Å². The fraction of sp³-hybridized carbons (Fsp3) is 0.643. The van der Waals surface area contributed by atoms with Gasteiger partial charge in [0.1, 0.15) is 29.0 Å². The van der Waals surface area contributed by atoms with Crippen molar-refractivity contribution in [3.05, 3.63) is 47.5 Å². The molecule has 0 aromatic heterocycles. The number of carbonyl (C=O) groups excluding carboxylic acids is 2. The van der Waals surface area contributed by atoms with Gasteiger partial charge in [-0.05, 0) is 69.9 Å². The lowest BCUT2D eigenvalue weighted by Crippen LogP contribution is -2.81. The monoisotopic (exact) mass is 500 g/mol. The van der Waals surface area contributed by atoms with Crippen LogP contribution in [0.5, 0.6) is 0 Å². The Morgan fingerprint density at radius 1 is 1.00 bits per heavy atom. The van der Waals surface area contributed by atoms with Crippen LogP contribution in [-0.4, -0.2) is 72.4 Å². The zero-order valence-electron chi connectivity index (χ0n) is 21.0. The molecule has 196 valence electrons. The van der Waals surface area contributed by atoms with Crippen LogP contribution < -0.4 is 0 Å². The highest BCUT2D eigenvalue weighted by Crippen LogP contribution is 2.70. The first-order valence-electron chi connectivity index (χ1n) is 12.8. The molecule has 0 amide bonds. The standard InChI is InChI=1S/C28H36O8/c1-16(29)26(33)11-12-27(34)25(26,3)22(36-23(32)17-7-5-4-6-8-17)15-20-24(2)10-9-19(30)13-18(24)14-21(31)28(20,27)35/h4-8,14,19-22,30-31,33-35H,9-13,15H2,1-3H3. The van der Waals surface area contributed by atoms with Gasteiger partial charge in [-0.3, -0.25) is 4.79 Å². The highest BCUT2D eigenvalue weighted by molar-refractivity contribution is 5.90. The van der Waals surface area contributed by atoms with Crippen molar-refractivity contribution in [1.29, 1.82) is 0 Å². The van der Waals surface area contributed by atoms with E-state index in [1.165, 1.54) is 19.9 Å². The second-order valence-electron chi connectivity index (χ2n) is 11.8. The lowest BCUT2D eigenvalue weighted by atomic mass is 9.41. The predicted octanol–water partition coefficient (Wildman–Crippen LogP) is 1.67. The molecule has 8 heteroatoms. The van der Waals surface area contributed by atoms with Gasteiger partial charge >= 0.3 is 5.97 Å². The lowest BCUT2D eigenvalue weighted by molar-refractivity contribution is -0.331. The maximum absolute atomic E-state index is 13.2. The molecule has 5 rings (SSSR count). The van der Waals surface area contributed by atoms with Crippen LogP contribution >= 0.6 is 0 Å². The van der Waals surface area contributed by atoms with E-state index in [9.17, 15) is 35.1 Å². The summed E-state index contributed by atoms with van der Waals surface area (Å²) in [6.45, 7) is 4.65. The number of hydrogen-bond acceptors (Lipinski definition) is 8. The third kappa shape index (κ3) is 2.93. The van der Waals surface area contributed by atoms with Crippen LogP contribution in [-0.2, 0) is 9.53 Å². The average molecular weight is 501 g/mol. The smallest absolute Gasteiger partial charge is 0.338 e. The van der Waals surface area contributed by atoms with E-state index in [0.29, 0.717) is 19.3 Å². The van der Waals surface area contributed by atoms with E-state index in [1.54, 1.807) is 30.3 Å². The molecule has 0 saturated heterocycles. The fourth-order valence-corrected chi connectivity index (χ4v) is 8.16. The van der Waals surface area contributed by atoms with E-state index < -0.39 is 63.6 Å². The minimum absolute atomic E-state index is 0.0183. The molecular weight excluding hydrogens is 464 g/mol. The van der Waals surface area contributed by atoms with Crippen molar-refractivity contribution >= 4 is 11.8 Å². The number of esters is 1. The van der Waals surface area contributed by atoms with Crippen molar-refractivity contribution in [2.75, 3.05) is 0 Å². The van der Waals surface area contributed by atoms with Crippen molar-refractivity contribution in [2.45, 2.75) is 94.4 Å². The molecule has 9 atom stereocenters. The molecule has 9 unspecified atom stereocenters. The zero-order chi connectivity index (χ0) is 26.3. The first-order chi connectivity index (χ1) is 16.8. The van der Waals surface area contributed by atoms with Crippen molar-refractivity contribution in [1.82, 2.24) is 0 Å². The first-order valence-corrected chi connectivity index (χ1v) is 12.8. The predicted molar refractivity (Wildman–Crippen MR) is 129 cm³/mol. The molecule has 0 radical (unpaired) electrons. The van der Waals surface area contributed by atoms with Crippen LogP contribution in [0.25, 0.3) is 0 Å². The molecule has 5 N–H and O–H groups in total. The highest BCUT2D eigenvalue weighted by atomic mass is 16.5. The summed E-state index contributed by atoms with van der Waals surface area (Å²) in [7, 11) is 0. The Morgan fingerprint density at radius 3 is 2.31 bits per heavy atom. The number of benzene rings is 1. The van der Waals surface area contributed by atoms with E-state index in [2.05, 4.69) is 0 Å². The highest BCUT2D eigenvalue weighted by Gasteiger charge is 2.83. The summed E-state index contributed by atoms with van der Waals surface area (Å²) < 4.78 is 6.01. The van der Waals surface area contributed by atoms with E-state index in [0.717, 1.165) is 5.57 Å². The summed E-state index contributed by atoms with van der Waals surface area (Å²) in [4.78, 5) is 26.1. The van der Waals surface area contributed by atoms with Crippen LogP contribution in [0, 0.1) is 16.7 Å². The molecule has 0 aliphatic heterocycles. The number of carbonyl (C=O) groups is 2. The maximum atomic E-state index is 13.2. The van der Waals surface area contributed by atoms with Crippen molar-refractivity contribution in [3.8, 4) is 0 Å². The fourth-order valence-electron chi connectivity index (χ4n) is 8.16. The topological polar surface area (TPSA) is 145 Å². The van der Waals surface area contributed by atoms with Crippen LogP contribution in [0.15, 0.2) is 42.0 Å². The van der Waals surface area contributed by atoms with Crippen molar-refractivity contribution in [2.24, 2.45) is 16.7 Å². The van der Waals surface area contributed by atoms with Crippen LogP contribution in [0.3, 0.4) is 0 Å². The first kappa shape index (κ1) is 25.5. The summed E-state index contributed by atoms with van der Waals surface area (Å²) in [5, 5.41) is 58.1. The molecule has 3 fully saturated rings. The second kappa shape index (κ2) is 7.95. The van der Waals surface area contributed by atoms with Crippen LogP contribution in [0.4, 0.5) is 0 Å². The summed E-state index contributed by atoms with van der Waals surface area (Å²) in [6.07, 6.45) is -0.646. The number of aliphatic hydroxyl groups excluding tert-OH is 2. The third-order valence-electron chi connectivity index (χ3n) is 10.5. The SMILES string of the molecule is CC(=O)C1(O)CCC2(O)C3(O)C(O)C=C4CC(O)CCC4(C)C3CC(OC(=O)c3ccccc3)C12C. The minimum atomic E-state index is -2.15. The van der Waals surface area contributed by atoms with Gasteiger partial charge < -0.3 is 30.3 Å². The number of aliphatic hydroxyl groups is 5. The van der Waals surface area contributed by atoms with Gasteiger partial charge in [-0.25, -0.2) is 4.79 Å².